The SMILES string of the molecule is CC(=O)O.CC(=O)O.CN1CCc2cc(O)c(O)cc2C1CCc1ccc(Cl)cc1.O=C(O)C(=O)O. The van der Waals surface area contributed by atoms with Crippen molar-refractivity contribution >= 4 is 35.5 Å². The molecule has 0 spiro atoms. The van der Waals surface area contributed by atoms with Crippen LogP contribution in [-0.2, 0) is 32.0 Å². The molecule has 1 atom stereocenters. The quantitative estimate of drug-likeness (QED) is 0.253. The number of carboxylic acids is 4. The molecule has 0 amide bonds. The minimum Gasteiger partial charge on any atom is -0.504 e. The lowest BCUT2D eigenvalue weighted by molar-refractivity contribution is -0.159. The van der Waals surface area contributed by atoms with E-state index in [-0.39, 0.29) is 17.5 Å². The number of phenols is 2. The second-order valence-electron chi connectivity index (χ2n) is 7.60. The lowest BCUT2D eigenvalue weighted by Gasteiger charge is -2.35. The van der Waals surface area contributed by atoms with Crippen molar-refractivity contribution in [2.45, 2.75) is 39.2 Å². The van der Waals surface area contributed by atoms with Gasteiger partial charge in [0.25, 0.3) is 11.9 Å². The summed E-state index contributed by atoms with van der Waals surface area (Å²) in [5.41, 5.74) is 3.51. The lowest BCUT2D eigenvalue weighted by Crippen LogP contribution is -2.32. The number of rotatable bonds is 3. The van der Waals surface area contributed by atoms with Gasteiger partial charge in [0, 0.05) is 31.5 Å². The zero-order chi connectivity index (χ0) is 28.0. The van der Waals surface area contributed by atoms with Gasteiger partial charge in [0.2, 0.25) is 0 Å². The van der Waals surface area contributed by atoms with Crippen LogP contribution in [0.1, 0.15) is 43.0 Å². The molecule has 198 valence electrons. The monoisotopic (exact) mass is 527 g/mol. The highest BCUT2D eigenvalue weighted by atomic mass is 35.5. The number of phenolic OH excluding ortho intramolecular Hbond substituents is 2. The van der Waals surface area contributed by atoms with Crippen LogP contribution in [-0.4, -0.2) is 73.0 Å². The summed E-state index contributed by atoms with van der Waals surface area (Å²) in [4.78, 5) is 38.5. The van der Waals surface area contributed by atoms with Crippen LogP contribution < -0.4 is 0 Å². The highest BCUT2D eigenvalue weighted by molar-refractivity contribution is 6.30. The van der Waals surface area contributed by atoms with E-state index in [9.17, 15) is 10.2 Å². The fourth-order valence-corrected chi connectivity index (χ4v) is 3.31. The van der Waals surface area contributed by atoms with Gasteiger partial charge in [-0.15, -0.1) is 0 Å². The summed E-state index contributed by atoms with van der Waals surface area (Å²) in [6.07, 6.45) is 2.82. The van der Waals surface area contributed by atoms with Gasteiger partial charge in [-0.25, -0.2) is 9.59 Å². The maximum atomic E-state index is 9.81. The average molecular weight is 528 g/mol. The summed E-state index contributed by atoms with van der Waals surface area (Å²) in [5, 5.41) is 49.9. The molecule has 0 saturated carbocycles. The van der Waals surface area contributed by atoms with E-state index in [0.29, 0.717) is 0 Å². The van der Waals surface area contributed by atoms with Crippen molar-refractivity contribution in [2.75, 3.05) is 13.6 Å². The minimum atomic E-state index is -1.82. The first-order valence-electron chi connectivity index (χ1n) is 10.5. The highest BCUT2D eigenvalue weighted by Gasteiger charge is 2.26. The number of aliphatic carboxylic acids is 4. The van der Waals surface area contributed by atoms with E-state index in [1.807, 2.05) is 12.1 Å². The Hall–Kier alpha value is -3.83. The van der Waals surface area contributed by atoms with Gasteiger partial charge in [0.1, 0.15) is 0 Å². The smallest absolute Gasteiger partial charge is 0.414 e. The van der Waals surface area contributed by atoms with Crippen molar-refractivity contribution in [2.24, 2.45) is 0 Å². The van der Waals surface area contributed by atoms with Crippen LogP contribution >= 0.6 is 11.6 Å². The van der Waals surface area contributed by atoms with E-state index >= 15 is 0 Å². The summed E-state index contributed by atoms with van der Waals surface area (Å²) in [6, 6.07) is 11.6. The molecule has 1 aliphatic rings. The number of hydrogen-bond donors (Lipinski definition) is 6. The Balaban J connectivity index is 0.000000724. The van der Waals surface area contributed by atoms with Crippen molar-refractivity contribution < 1.29 is 49.8 Å². The fraction of sp³-hybridized carbons (Fsp3) is 0.333. The van der Waals surface area contributed by atoms with Crippen LogP contribution in [0.5, 0.6) is 11.5 Å². The Morgan fingerprint density at radius 3 is 1.78 bits per heavy atom. The second kappa shape index (κ2) is 16.0. The first kappa shape index (κ1) is 32.2. The summed E-state index contributed by atoms with van der Waals surface area (Å²) < 4.78 is 0. The maximum Gasteiger partial charge on any atom is 0.414 e. The number of aromatic hydroxyl groups is 2. The molecule has 36 heavy (non-hydrogen) atoms. The van der Waals surface area contributed by atoms with Crippen LogP contribution in [0.4, 0.5) is 0 Å². The Morgan fingerprint density at radius 2 is 1.33 bits per heavy atom. The zero-order valence-electron chi connectivity index (χ0n) is 20.0. The van der Waals surface area contributed by atoms with Gasteiger partial charge in [-0.1, -0.05) is 23.7 Å². The molecule has 0 bridgehead atoms. The molecule has 2 aromatic rings. The van der Waals surface area contributed by atoms with Gasteiger partial charge in [0.05, 0.1) is 0 Å². The molecule has 1 heterocycles. The van der Waals surface area contributed by atoms with Crippen LogP contribution in [0.25, 0.3) is 0 Å². The molecule has 3 rings (SSSR count). The molecule has 0 fully saturated rings. The molecule has 1 unspecified atom stereocenters. The molecular formula is C24H30ClNO10. The standard InChI is InChI=1S/C18H20ClNO2.C2H2O4.2C2H4O2/c1-20-9-8-13-10-17(21)18(22)11-15(13)16(20)7-4-12-2-5-14(19)6-3-12;3-1(4)2(5)6;2*1-2(3)4/h2-3,5-6,10-11,16,21-22H,4,7-9H2,1H3;(H,3,4)(H,5,6);2*1H3,(H,3,4). The predicted molar refractivity (Wildman–Crippen MR) is 131 cm³/mol. The van der Waals surface area contributed by atoms with Crippen LogP contribution in [0, 0.1) is 0 Å². The summed E-state index contributed by atoms with van der Waals surface area (Å²) >= 11 is 5.92. The largest absolute Gasteiger partial charge is 0.504 e. The molecule has 6 N–H and O–H groups in total. The number of fused-ring (bicyclic) bond motifs is 1. The van der Waals surface area contributed by atoms with Crippen LogP contribution in [0.3, 0.4) is 0 Å². The zero-order valence-corrected chi connectivity index (χ0v) is 20.8. The Kier molecular flexibility index (Phi) is 14.3. The third-order valence-electron chi connectivity index (χ3n) is 4.66. The van der Waals surface area contributed by atoms with Gasteiger partial charge >= 0.3 is 11.9 Å². The summed E-state index contributed by atoms with van der Waals surface area (Å²) in [7, 11) is 2.11. The van der Waals surface area contributed by atoms with E-state index in [1.54, 1.807) is 12.1 Å². The van der Waals surface area contributed by atoms with Crippen LogP contribution in [0.15, 0.2) is 36.4 Å². The molecular weight excluding hydrogens is 498 g/mol. The third kappa shape index (κ3) is 13.2. The van der Waals surface area contributed by atoms with E-state index in [1.165, 1.54) is 5.56 Å². The van der Waals surface area contributed by atoms with Gasteiger partial charge in [-0.2, -0.15) is 0 Å². The Morgan fingerprint density at radius 1 is 0.889 bits per heavy atom. The van der Waals surface area contributed by atoms with Crippen molar-refractivity contribution in [1.82, 2.24) is 4.90 Å². The molecule has 0 saturated heterocycles. The average Bonchev–Trinajstić information content (AvgIpc) is 2.75. The number of halogens is 1. The van der Waals surface area contributed by atoms with Crippen molar-refractivity contribution in [3.63, 3.8) is 0 Å². The molecule has 0 radical (unpaired) electrons. The topological polar surface area (TPSA) is 193 Å². The Labute approximate surface area is 212 Å². The minimum absolute atomic E-state index is 0.0280. The predicted octanol–water partition coefficient (Wildman–Crippen LogP) is 3.25. The molecule has 11 nitrogen and oxygen atoms in total. The van der Waals surface area contributed by atoms with Gasteiger partial charge < -0.3 is 30.6 Å². The van der Waals surface area contributed by atoms with Crippen molar-refractivity contribution in [1.29, 1.82) is 0 Å². The molecule has 0 aromatic heterocycles. The summed E-state index contributed by atoms with van der Waals surface area (Å²) in [5.74, 6) is -5.38. The second-order valence-corrected chi connectivity index (χ2v) is 8.04. The van der Waals surface area contributed by atoms with Crippen molar-refractivity contribution in [3.8, 4) is 11.5 Å². The van der Waals surface area contributed by atoms with Gasteiger partial charge in [0.15, 0.2) is 11.5 Å². The normalized spacial score (nSPS) is 13.7. The number of carbonyl (C=O) groups is 4. The first-order valence-corrected chi connectivity index (χ1v) is 10.9. The van der Waals surface area contributed by atoms with Crippen molar-refractivity contribution in [3.05, 3.63) is 58.1 Å². The first-order chi connectivity index (χ1) is 16.6. The number of aryl methyl sites for hydroxylation is 1. The van der Waals surface area contributed by atoms with E-state index < -0.39 is 23.9 Å². The van der Waals surface area contributed by atoms with E-state index in [0.717, 1.165) is 55.8 Å². The number of carboxylic acid groups (broad SMARTS) is 4. The lowest BCUT2D eigenvalue weighted by atomic mass is 9.89. The number of nitrogens with zero attached hydrogens (tertiary/aromatic N) is 1. The number of hydrogen-bond acceptors (Lipinski definition) is 7. The fourth-order valence-electron chi connectivity index (χ4n) is 3.18. The maximum absolute atomic E-state index is 9.81. The third-order valence-corrected chi connectivity index (χ3v) is 4.92. The van der Waals surface area contributed by atoms with Crippen LogP contribution in [0.2, 0.25) is 5.02 Å². The summed E-state index contributed by atoms with van der Waals surface area (Å²) in [6.45, 7) is 3.13. The molecule has 12 heteroatoms. The number of likely N-dealkylation sites (N-methyl/N-ethyl adjacent to an activating group) is 1. The van der Waals surface area contributed by atoms with E-state index in [4.69, 9.17) is 51.2 Å². The Bertz CT molecular complexity index is 1010. The molecule has 2 aromatic carbocycles. The number of benzene rings is 2. The van der Waals surface area contributed by atoms with E-state index in [2.05, 4.69) is 24.1 Å². The highest BCUT2D eigenvalue weighted by Crippen LogP contribution is 2.38. The van der Waals surface area contributed by atoms with Gasteiger partial charge in [-0.3, -0.25) is 14.5 Å². The molecule has 1 aliphatic heterocycles. The van der Waals surface area contributed by atoms with Gasteiger partial charge in [-0.05, 0) is 67.3 Å². The molecule has 0 aliphatic carbocycles.